The molecule has 2 rings (SSSR count). The molecule has 6 nitrogen and oxygen atoms in total. The number of carbonyl (C=O) groups excluding carboxylic acids is 1. The number of piperidine rings is 1. The van der Waals surface area contributed by atoms with Crippen LogP contribution >= 0.6 is 0 Å². The molecule has 1 aliphatic rings. The first-order chi connectivity index (χ1) is 8.47. The zero-order chi connectivity index (χ0) is 13.2. The van der Waals surface area contributed by atoms with Gasteiger partial charge in [0.05, 0.1) is 5.25 Å². The minimum absolute atomic E-state index is 0.00866. The summed E-state index contributed by atoms with van der Waals surface area (Å²) in [6.45, 7) is 1.24. The molecule has 7 heteroatoms. The number of likely N-dealkylation sites (tertiary alicyclic amines) is 1. The molecule has 18 heavy (non-hydrogen) atoms. The van der Waals surface area contributed by atoms with E-state index in [0.717, 1.165) is 0 Å². The first-order valence-corrected chi connectivity index (χ1v) is 7.86. The summed E-state index contributed by atoms with van der Waals surface area (Å²) in [6.07, 6.45) is 5.69. The highest BCUT2D eigenvalue weighted by atomic mass is 32.2. The van der Waals surface area contributed by atoms with Gasteiger partial charge in [0.15, 0.2) is 0 Å². The molecular weight excluding hydrogens is 254 g/mol. The summed E-state index contributed by atoms with van der Waals surface area (Å²) in [4.78, 5) is 13.6. The minimum Gasteiger partial charge on any atom is -0.341 e. The van der Waals surface area contributed by atoms with Crippen LogP contribution in [0.5, 0.6) is 0 Å². The largest absolute Gasteiger partial charge is 0.341 e. The quantitative estimate of drug-likeness (QED) is 0.771. The number of sulfone groups is 1. The molecule has 1 amide bonds. The fraction of sp³-hybridized carbons (Fsp3) is 0.636. The van der Waals surface area contributed by atoms with E-state index in [-0.39, 0.29) is 17.7 Å². The molecule has 0 atom stereocenters. The van der Waals surface area contributed by atoms with Crippen LogP contribution in [0, 0.1) is 0 Å². The van der Waals surface area contributed by atoms with Gasteiger partial charge in [-0.15, -0.1) is 0 Å². The standard InChI is InChI=1S/C11H17N3O3S/c1-18(16,17)10-3-7-13(8-4-10)11(15)9-14-6-2-5-12-14/h2,5-6,10H,3-4,7-9H2,1H3. The Balaban J connectivity index is 1.88. The lowest BCUT2D eigenvalue weighted by atomic mass is 10.1. The third kappa shape index (κ3) is 3.10. The van der Waals surface area contributed by atoms with Gasteiger partial charge >= 0.3 is 0 Å². The molecule has 0 saturated carbocycles. The second kappa shape index (κ2) is 5.09. The van der Waals surface area contributed by atoms with Gasteiger partial charge in [-0.3, -0.25) is 9.48 Å². The Labute approximate surface area is 106 Å². The van der Waals surface area contributed by atoms with Crippen molar-refractivity contribution in [2.75, 3.05) is 19.3 Å². The van der Waals surface area contributed by atoms with E-state index in [0.29, 0.717) is 25.9 Å². The molecule has 2 heterocycles. The van der Waals surface area contributed by atoms with Crippen LogP contribution in [-0.4, -0.2) is 53.6 Å². The SMILES string of the molecule is CS(=O)(=O)C1CCN(C(=O)Cn2cccn2)CC1. The van der Waals surface area contributed by atoms with E-state index < -0.39 is 9.84 Å². The van der Waals surface area contributed by atoms with E-state index in [2.05, 4.69) is 5.10 Å². The van der Waals surface area contributed by atoms with E-state index in [1.54, 1.807) is 28.0 Å². The number of hydrogen-bond donors (Lipinski definition) is 0. The monoisotopic (exact) mass is 271 g/mol. The molecule has 1 aliphatic heterocycles. The Morgan fingerprint density at radius 3 is 2.56 bits per heavy atom. The van der Waals surface area contributed by atoms with E-state index in [9.17, 15) is 13.2 Å². The van der Waals surface area contributed by atoms with Crippen LogP contribution in [-0.2, 0) is 21.2 Å². The Bertz CT molecular complexity index is 502. The van der Waals surface area contributed by atoms with Gasteiger partial charge in [-0.2, -0.15) is 5.10 Å². The van der Waals surface area contributed by atoms with Crippen molar-refractivity contribution >= 4 is 15.7 Å². The Hall–Kier alpha value is -1.37. The van der Waals surface area contributed by atoms with Crippen molar-refractivity contribution in [3.63, 3.8) is 0 Å². The maximum absolute atomic E-state index is 11.9. The number of carbonyl (C=O) groups is 1. The molecule has 0 spiro atoms. The lowest BCUT2D eigenvalue weighted by Gasteiger charge is -2.31. The first-order valence-electron chi connectivity index (χ1n) is 5.91. The van der Waals surface area contributed by atoms with Crippen LogP contribution in [0.1, 0.15) is 12.8 Å². The fourth-order valence-electron chi connectivity index (χ4n) is 2.17. The minimum atomic E-state index is -2.98. The predicted octanol–water partition coefficient (Wildman–Crippen LogP) is -0.0813. The van der Waals surface area contributed by atoms with Crippen LogP contribution in [0.25, 0.3) is 0 Å². The van der Waals surface area contributed by atoms with Crippen molar-refractivity contribution in [2.45, 2.75) is 24.6 Å². The van der Waals surface area contributed by atoms with Gasteiger partial charge in [-0.05, 0) is 18.9 Å². The highest BCUT2D eigenvalue weighted by Gasteiger charge is 2.28. The average molecular weight is 271 g/mol. The van der Waals surface area contributed by atoms with E-state index >= 15 is 0 Å². The summed E-state index contributed by atoms with van der Waals surface area (Å²) >= 11 is 0. The number of hydrogen-bond acceptors (Lipinski definition) is 4. The van der Waals surface area contributed by atoms with Gasteiger partial charge in [0.1, 0.15) is 16.4 Å². The maximum atomic E-state index is 11.9. The van der Waals surface area contributed by atoms with E-state index in [1.807, 2.05) is 0 Å². The summed E-state index contributed by atoms with van der Waals surface area (Å²) in [7, 11) is -2.98. The van der Waals surface area contributed by atoms with Gasteiger partial charge in [0, 0.05) is 31.7 Å². The highest BCUT2D eigenvalue weighted by Crippen LogP contribution is 2.17. The van der Waals surface area contributed by atoms with E-state index in [1.165, 1.54) is 6.26 Å². The molecule has 1 aromatic heterocycles. The normalized spacial score (nSPS) is 17.9. The molecule has 0 aromatic carbocycles. The lowest BCUT2D eigenvalue weighted by molar-refractivity contribution is -0.132. The Morgan fingerprint density at radius 1 is 1.39 bits per heavy atom. The Kier molecular flexibility index (Phi) is 3.70. The molecule has 0 radical (unpaired) electrons. The highest BCUT2D eigenvalue weighted by molar-refractivity contribution is 7.91. The summed E-state index contributed by atoms with van der Waals surface area (Å²) in [5, 5.41) is 3.68. The van der Waals surface area contributed by atoms with Gasteiger partial charge < -0.3 is 4.90 Å². The fourth-order valence-corrected chi connectivity index (χ4v) is 3.23. The maximum Gasteiger partial charge on any atom is 0.244 e. The van der Waals surface area contributed by atoms with Crippen molar-refractivity contribution in [1.82, 2.24) is 14.7 Å². The zero-order valence-electron chi connectivity index (χ0n) is 10.3. The first kappa shape index (κ1) is 13.1. The van der Waals surface area contributed by atoms with Gasteiger partial charge in [0.2, 0.25) is 5.91 Å². The number of amides is 1. The summed E-state index contributed by atoms with van der Waals surface area (Å²) in [5.74, 6) is -0.00866. The molecule has 100 valence electrons. The van der Waals surface area contributed by atoms with Crippen molar-refractivity contribution in [1.29, 1.82) is 0 Å². The third-order valence-electron chi connectivity index (χ3n) is 3.26. The molecule has 0 N–H and O–H groups in total. The smallest absolute Gasteiger partial charge is 0.244 e. The van der Waals surface area contributed by atoms with Crippen LogP contribution in [0.2, 0.25) is 0 Å². The summed E-state index contributed by atoms with van der Waals surface area (Å²) in [5.41, 5.74) is 0. The number of aromatic nitrogens is 2. The van der Waals surface area contributed by atoms with Crippen molar-refractivity contribution < 1.29 is 13.2 Å². The van der Waals surface area contributed by atoms with Crippen LogP contribution < -0.4 is 0 Å². The molecule has 0 aliphatic carbocycles. The summed E-state index contributed by atoms with van der Waals surface area (Å²) in [6, 6.07) is 1.77. The van der Waals surface area contributed by atoms with Gasteiger partial charge in [-0.1, -0.05) is 0 Å². The molecule has 0 unspecified atom stereocenters. The zero-order valence-corrected chi connectivity index (χ0v) is 11.1. The number of nitrogens with zero attached hydrogens (tertiary/aromatic N) is 3. The van der Waals surface area contributed by atoms with E-state index in [4.69, 9.17) is 0 Å². The van der Waals surface area contributed by atoms with Gasteiger partial charge in [-0.25, -0.2) is 8.42 Å². The lowest BCUT2D eigenvalue weighted by Crippen LogP contribution is -2.43. The van der Waals surface area contributed by atoms with Gasteiger partial charge in [0.25, 0.3) is 0 Å². The predicted molar refractivity (Wildman–Crippen MR) is 66.7 cm³/mol. The second-order valence-electron chi connectivity index (χ2n) is 4.61. The number of rotatable bonds is 3. The van der Waals surface area contributed by atoms with Crippen molar-refractivity contribution in [3.8, 4) is 0 Å². The van der Waals surface area contributed by atoms with Crippen molar-refractivity contribution in [3.05, 3.63) is 18.5 Å². The molecule has 1 aromatic rings. The van der Waals surface area contributed by atoms with Crippen LogP contribution in [0.4, 0.5) is 0 Å². The molecule has 1 fully saturated rings. The topological polar surface area (TPSA) is 72.3 Å². The van der Waals surface area contributed by atoms with Crippen LogP contribution in [0.3, 0.4) is 0 Å². The third-order valence-corrected chi connectivity index (χ3v) is 4.94. The average Bonchev–Trinajstić information content (AvgIpc) is 2.81. The summed E-state index contributed by atoms with van der Waals surface area (Å²) < 4.78 is 24.4. The van der Waals surface area contributed by atoms with Crippen LogP contribution in [0.15, 0.2) is 18.5 Å². The second-order valence-corrected chi connectivity index (χ2v) is 6.94. The van der Waals surface area contributed by atoms with Crippen molar-refractivity contribution in [2.24, 2.45) is 0 Å². The molecular formula is C11H17N3O3S. The molecule has 1 saturated heterocycles. The molecule has 0 bridgehead atoms. The Morgan fingerprint density at radius 2 is 2.06 bits per heavy atom.